The predicted octanol–water partition coefficient (Wildman–Crippen LogP) is 13.8. The van der Waals surface area contributed by atoms with Crippen LogP contribution in [0.5, 0.6) is 0 Å². The van der Waals surface area contributed by atoms with E-state index in [0.717, 1.165) is 24.3 Å². The van der Waals surface area contributed by atoms with E-state index in [0.29, 0.717) is 11.5 Å². The van der Waals surface area contributed by atoms with E-state index in [4.69, 9.17) is 0 Å². The van der Waals surface area contributed by atoms with Gasteiger partial charge in [-0.15, -0.1) is 0 Å². The topological polar surface area (TPSA) is 74.6 Å². The van der Waals surface area contributed by atoms with Crippen molar-refractivity contribution in [2.45, 2.75) is 206 Å². The van der Waals surface area contributed by atoms with Gasteiger partial charge in [-0.25, -0.2) is 10.0 Å². The van der Waals surface area contributed by atoms with E-state index in [1.54, 1.807) is 0 Å². The van der Waals surface area contributed by atoms with Gasteiger partial charge in [0.05, 0.1) is 12.8 Å². The van der Waals surface area contributed by atoms with Gasteiger partial charge >= 0.3 is 11.9 Å². The summed E-state index contributed by atoms with van der Waals surface area (Å²) < 4.78 is 0. The van der Waals surface area contributed by atoms with Crippen LogP contribution >= 0.6 is 10.0 Å². The molecule has 2 N–H and O–H groups in total. The lowest BCUT2D eigenvalue weighted by molar-refractivity contribution is -0.137. The summed E-state index contributed by atoms with van der Waals surface area (Å²) in [5, 5.41) is 18.9. The van der Waals surface area contributed by atoms with Crippen LogP contribution in [0.15, 0.2) is 24.3 Å². The summed E-state index contributed by atoms with van der Waals surface area (Å²) in [6.07, 6.45) is 45.9. The maximum absolute atomic E-state index is 11.5. The van der Waals surface area contributed by atoms with Crippen molar-refractivity contribution < 1.29 is 19.8 Å². The van der Waals surface area contributed by atoms with Crippen molar-refractivity contribution in [1.29, 1.82) is 0 Å². The smallest absolute Gasteiger partial charge is 0.304 e. The van der Waals surface area contributed by atoms with Gasteiger partial charge in [0, 0.05) is 0 Å². The van der Waals surface area contributed by atoms with Crippen molar-refractivity contribution in [1.82, 2.24) is 0 Å². The molecule has 0 bridgehead atoms. The number of rotatable bonds is 38. The first-order valence-electron chi connectivity index (χ1n) is 20.4. The molecule has 0 aromatic rings. The standard InChI is InChI=1S/C42H80O4S/c1-3-5-7-9-11-13-15-17-19-21-23-25-27-29-31-33-37-47(39-35-41(43)44,40-36-42(45)46)38-34-32-30-28-26-24-22-20-18-16-14-12-10-8-6-4-2/h17-20H,3-16,21-40H2,1-2H3,(H,43,44)(H,45,46)/b19-17-,20-18-. The normalized spacial score (nSPS) is 12.5. The number of unbranched alkanes of at least 4 members (excludes halogenated alkanes) is 24. The van der Waals surface area contributed by atoms with Crippen LogP contribution < -0.4 is 0 Å². The number of hydrogen-bond acceptors (Lipinski definition) is 2. The highest BCUT2D eigenvalue weighted by molar-refractivity contribution is 8.33. The van der Waals surface area contributed by atoms with E-state index < -0.39 is 22.0 Å². The fraction of sp³-hybridized carbons (Fsp3) is 0.857. The summed E-state index contributed by atoms with van der Waals surface area (Å²) in [5.74, 6) is 2.04. The van der Waals surface area contributed by atoms with Crippen LogP contribution in [0, 0.1) is 0 Å². The fourth-order valence-corrected chi connectivity index (χ4v) is 10.6. The lowest BCUT2D eigenvalue weighted by atomic mass is 10.1. The summed E-state index contributed by atoms with van der Waals surface area (Å²) in [6, 6.07) is 0. The third kappa shape index (κ3) is 34.4. The van der Waals surface area contributed by atoms with Crippen molar-refractivity contribution in [2.24, 2.45) is 0 Å². The molecule has 0 rings (SSSR count). The van der Waals surface area contributed by atoms with Crippen molar-refractivity contribution in [3.63, 3.8) is 0 Å². The number of allylic oxidation sites excluding steroid dienone is 4. The molecule has 278 valence electrons. The van der Waals surface area contributed by atoms with Gasteiger partial charge in [0.25, 0.3) is 0 Å². The van der Waals surface area contributed by atoms with E-state index in [1.165, 1.54) is 167 Å². The maximum atomic E-state index is 11.5. The second-order valence-electron chi connectivity index (χ2n) is 14.2. The molecular formula is C42H80O4S. The van der Waals surface area contributed by atoms with Crippen molar-refractivity contribution in [2.75, 3.05) is 23.0 Å². The SMILES string of the molecule is CCCCCCCC/C=C\CCCCCCCCS(CCCCCCCC/C=C\CCCCCCCC)(CCC(=O)O)CCC(=O)O. The third-order valence-corrected chi connectivity index (χ3v) is 14.1. The van der Waals surface area contributed by atoms with Crippen LogP contribution in [0.4, 0.5) is 0 Å². The minimum Gasteiger partial charge on any atom is -0.481 e. The average molecular weight is 681 g/mol. The van der Waals surface area contributed by atoms with E-state index in [1.807, 2.05) is 0 Å². The molecule has 47 heavy (non-hydrogen) atoms. The zero-order valence-electron chi connectivity index (χ0n) is 31.5. The Bertz CT molecular complexity index is 685. The number of aliphatic carboxylic acids is 2. The highest BCUT2D eigenvalue weighted by Crippen LogP contribution is 2.51. The van der Waals surface area contributed by atoms with Crippen molar-refractivity contribution in [3.05, 3.63) is 24.3 Å². The first-order chi connectivity index (χ1) is 23.0. The second kappa shape index (κ2) is 36.1. The summed E-state index contributed by atoms with van der Waals surface area (Å²) in [6.45, 7) is 4.54. The van der Waals surface area contributed by atoms with E-state index in [9.17, 15) is 19.8 Å². The Hall–Kier alpha value is -1.23. The summed E-state index contributed by atoms with van der Waals surface area (Å²) >= 11 is 0. The molecule has 4 nitrogen and oxygen atoms in total. The molecule has 0 fully saturated rings. The quantitative estimate of drug-likeness (QED) is 0.0503. The Kier molecular flexibility index (Phi) is 35.1. The Morgan fingerprint density at radius 1 is 0.383 bits per heavy atom. The molecule has 0 atom stereocenters. The first kappa shape index (κ1) is 45.8. The number of hydrogen-bond donors (Lipinski definition) is 2. The molecule has 0 amide bonds. The Balaban J connectivity index is 4.24. The van der Waals surface area contributed by atoms with Gasteiger partial charge in [-0.2, -0.15) is 0 Å². The molecular weight excluding hydrogens is 601 g/mol. The van der Waals surface area contributed by atoms with Gasteiger partial charge < -0.3 is 10.2 Å². The lowest BCUT2D eigenvalue weighted by Gasteiger charge is -2.40. The summed E-state index contributed by atoms with van der Waals surface area (Å²) in [4.78, 5) is 23.0. The minimum absolute atomic E-state index is 0.188. The molecule has 0 aliphatic rings. The van der Waals surface area contributed by atoms with Crippen LogP contribution in [0.25, 0.3) is 0 Å². The molecule has 0 aromatic carbocycles. The zero-order chi connectivity index (χ0) is 34.5. The molecule has 0 saturated heterocycles. The van der Waals surface area contributed by atoms with Gasteiger partial charge in [-0.05, 0) is 87.2 Å². The summed E-state index contributed by atoms with van der Waals surface area (Å²) in [7, 11) is -1.21. The highest BCUT2D eigenvalue weighted by atomic mass is 32.3. The Morgan fingerprint density at radius 3 is 0.915 bits per heavy atom. The van der Waals surface area contributed by atoms with Crippen molar-refractivity contribution >= 4 is 22.0 Å². The molecule has 5 heteroatoms. The van der Waals surface area contributed by atoms with Crippen LogP contribution in [0.1, 0.15) is 206 Å². The number of carboxylic acids is 2. The van der Waals surface area contributed by atoms with Crippen molar-refractivity contribution in [3.8, 4) is 0 Å². The van der Waals surface area contributed by atoms with Gasteiger partial charge in [0.2, 0.25) is 0 Å². The van der Waals surface area contributed by atoms with Gasteiger partial charge in [-0.1, -0.05) is 154 Å². The summed E-state index contributed by atoms with van der Waals surface area (Å²) in [5.41, 5.74) is 0. The number of carboxylic acid groups (broad SMARTS) is 2. The Labute approximate surface area is 294 Å². The van der Waals surface area contributed by atoms with Gasteiger partial charge in [0.15, 0.2) is 0 Å². The van der Waals surface area contributed by atoms with Crippen LogP contribution in [0.2, 0.25) is 0 Å². The monoisotopic (exact) mass is 681 g/mol. The van der Waals surface area contributed by atoms with Gasteiger partial charge in [-0.3, -0.25) is 9.59 Å². The van der Waals surface area contributed by atoms with Crippen LogP contribution in [-0.4, -0.2) is 45.2 Å². The van der Waals surface area contributed by atoms with Gasteiger partial charge in [0.1, 0.15) is 0 Å². The molecule has 0 saturated carbocycles. The molecule has 0 aromatic heterocycles. The molecule has 0 aliphatic carbocycles. The molecule has 0 unspecified atom stereocenters. The second-order valence-corrected chi connectivity index (χ2v) is 18.3. The van der Waals surface area contributed by atoms with E-state index in [2.05, 4.69) is 38.2 Å². The third-order valence-electron chi connectivity index (χ3n) is 9.68. The largest absolute Gasteiger partial charge is 0.481 e. The minimum atomic E-state index is -1.21. The first-order valence-corrected chi connectivity index (χ1v) is 22.7. The van der Waals surface area contributed by atoms with Crippen LogP contribution in [0.3, 0.4) is 0 Å². The molecule has 0 aliphatic heterocycles. The zero-order valence-corrected chi connectivity index (χ0v) is 32.3. The van der Waals surface area contributed by atoms with E-state index >= 15 is 0 Å². The highest BCUT2D eigenvalue weighted by Gasteiger charge is 2.25. The predicted molar refractivity (Wildman–Crippen MR) is 210 cm³/mol. The maximum Gasteiger partial charge on any atom is 0.304 e. The molecule has 0 radical (unpaired) electrons. The lowest BCUT2D eigenvalue weighted by Crippen LogP contribution is -2.21. The Morgan fingerprint density at radius 2 is 0.638 bits per heavy atom. The fourth-order valence-electron chi connectivity index (χ4n) is 6.53. The van der Waals surface area contributed by atoms with E-state index in [-0.39, 0.29) is 12.8 Å². The van der Waals surface area contributed by atoms with Crippen LogP contribution in [-0.2, 0) is 9.59 Å². The average Bonchev–Trinajstić information content (AvgIpc) is 3.05. The number of carbonyl (C=O) groups is 2. The molecule has 0 heterocycles. The molecule has 0 spiro atoms.